The summed E-state index contributed by atoms with van der Waals surface area (Å²) in [6.07, 6.45) is 2.88. The van der Waals surface area contributed by atoms with E-state index in [4.69, 9.17) is 16.3 Å². The SMILES string of the molecule is COCN1CCN[C@@H](C(=O)/C=C/c2ccc(O)c(Cl)c2)C1=O. The fraction of sp³-hybridized carbons (Fsp3) is 0.333. The van der Waals surface area contributed by atoms with Crippen LogP contribution in [0.4, 0.5) is 0 Å². The summed E-state index contributed by atoms with van der Waals surface area (Å²) in [5.74, 6) is -0.661. The van der Waals surface area contributed by atoms with Gasteiger partial charge < -0.3 is 14.7 Å². The van der Waals surface area contributed by atoms with Crippen LogP contribution in [0.15, 0.2) is 24.3 Å². The highest BCUT2D eigenvalue weighted by Gasteiger charge is 2.32. The first-order valence-electron chi connectivity index (χ1n) is 6.74. The molecule has 1 aromatic carbocycles. The quantitative estimate of drug-likeness (QED) is 0.625. The maximum atomic E-state index is 12.2. The van der Waals surface area contributed by atoms with Crippen molar-refractivity contribution in [2.45, 2.75) is 6.04 Å². The third-order valence-electron chi connectivity index (χ3n) is 3.27. The van der Waals surface area contributed by atoms with Gasteiger partial charge >= 0.3 is 0 Å². The minimum atomic E-state index is -0.896. The molecule has 7 heteroatoms. The van der Waals surface area contributed by atoms with Crippen LogP contribution in [0.1, 0.15) is 5.56 Å². The Labute approximate surface area is 133 Å². The predicted molar refractivity (Wildman–Crippen MR) is 82.5 cm³/mol. The van der Waals surface area contributed by atoms with Gasteiger partial charge in [-0.3, -0.25) is 14.9 Å². The minimum absolute atomic E-state index is 0.0236. The topological polar surface area (TPSA) is 78.9 Å². The first-order valence-corrected chi connectivity index (χ1v) is 7.12. The zero-order valence-electron chi connectivity index (χ0n) is 12.1. The van der Waals surface area contributed by atoms with Crippen molar-refractivity contribution < 1.29 is 19.4 Å². The van der Waals surface area contributed by atoms with E-state index in [9.17, 15) is 14.7 Å². The Bertz CT molecular complexity index is 601. The summed E-state index contributed by atoms with van der Waals surface area (Å²) in [5, 5.41) is 12.4. The van der Waals surface area contributed by atoms with Gasteiger partial charge in [-0.1, -0.05) is 23.7 Å². The summed E-state index contributed by atoms with van der Waals surface area (Å²) >= 11 is 5.80. The number of rotatable bonds is 5. The van der Waals surface area contributed by atoms with Gasteiger partial charge in [0.2, 0.25) is 5.91 Å². The summed E-state index contributed by atoms with van der Waals surface area (Å²) < 4.78 is 4.94. The molecule has 0 aliphatic carbocycles. The predicted octanol–water partition coefficient (Wildman–Crippen LogP) is 1.03. The number of ketones is 1. The number of carbonyl (C=O) groups excluding carboxylic acids is 2. The number of ether oxygens (including phenoxy) is 1. The number of aromatic hydroxyl groups is 1. The lowest BCUT2D eigenvalue weighted by atomic mass is 10.1. The molecule has 0 spiro atoms. The summed E-state index contributed by atoms with van der Waals surface area (Å²) in [7, 11) is 1.50. The number of carbonyl (C=O) groups is 2. The van der Waals surface area contributed by atoms with Gasteiger partial charge in [-0.05, 0) is 23.8 Å². The number of benzene rings is 1. The van der Waals surface area contributed by atoms with E-state index in [-0.39, 0.29) is 29.2 Å². The van der Waals surface area contributed by atoms with Crippen molar-refractivity contribution in [2.24, 2.45) is 0 Å². The molecule has 1 aromatic rings. The second-order valence-electron chi connectivity index (χ2n) is 4.85. The maximum absolute atomic E-state index is 12.2. The van der Waals surface area contributed by atoms with Gasteiger partial charge in [-0.15, -0.1) is 0 Å². The molecule has 22 heavy (non-hydrogen) atoms. The Balaban J connectivity index is 2.05. The highest BCUT2D eigenvalue weighted by atomic mass is 35.5. The number of methoxy groups -OCH3 is 1. The number of amides is 1. The molecule has 118 valence electrons. The standard InChI is InChI=1S/C15H17ClN2O4/c1-22-9-18-7-6-17-14(15(18)21)13(20)5-3-10-2-4-12(19)11(16)8-10/h2-5,8,14,17,19H,6-7,9H2,1H3/b5-3+/t14-/m0/s1. The molecule has 2 N–H and O–H groups in total. The second kappa shape index (κ2) is 7.40. The summed E-state index contributed by atoms with van der Waals surface area (Å²) in [6.45, 7) is 1.21. The van der Waals surface area contributed by atoms with E-state index < -0.39 is 6.04 Å². The molecule has 0 unspecified atom stereocenters. The minimum Gasteiger partial charge on any atom is -0.506 e. The average Bonchev–Trinajstić information content (AvgIpc) is 2.50. The fourth-order valence-corrected chi connectivity index (χ4v) is 2.32. The van der Waals surface area contributed by atoms with Crippen LogP contribution in [0.25, 0.3) is 6.08 Å². The summed E-state index contributed by atoms with van der Waals surface area (Å²) in [6, 6.07) is 3.70. The second-order valence-corrected chi connectivity index (χ2v) is 5.26. The summed E-state index contributed by atoms with van der Waals surface area (Å²) in [4.78, 5) is 25.8. The van der Waals surface area contributed by atoms with Crippen molar-refractivity contribution in [1.82, 2.24) is 10.2 Å². The lowest BCUT2D eigenvalue weighted by Gasteiger charge is -2.31. The first-order chi connectivity index (χ1) is 10.5. The number of halogens is 1. The van der Waals surface area contributed by atoms with E-state index in [0.29, 0.717) is 18.7 Å². The van der Waals surface area contributed by atoms with E-state index in [2.05, 4.69) is 5.32 Å². The van der Waals surface area contributed by atoms with E-state index in [1.54, 1.807) is 12.1 Å². The third kappa shape index (κ3) is 3.85. The number of phenols is 1. The Morgan fingerprint density at radius 3 is 3.05 bits per heavy atom. The largest absolute Gasteiger partial charge is 0.506 e. The zero-order valence-corrected chi connectivity index (χ0v) is 12.8. The van der Waals surface area contributed by atoms with E-state index in [0.717, 1.165) is 0 Å². The van der Waals surface area contributed by atoms with Crippen LogP contribution in [0, 0.1) is 0 Å². The number of hydrogen-bond acceptors (Lipinski definition) is 5. The van der Waals surface area contributed by atoms with Crippen LogP contribution in [0.5, 0.6) is 5.75 Å². The van der Waals surface area contributed by atoms with Crippen molar-refractivity contribution in [3.05, 3.63) is 34.9 Å². The van der Waals surface area contributed by atoms with Crippen molar-refractivity contribution >= 4 is 29.4 Å². The Morgan fingerprint density at radius 2 is 2.36 bits per heavy atom. The van der Waals surface area contributed by atoms with Crippen LogP contribution < -0.4 is 5.32 Å². The number of piperazine rings is 1. The number of nitrogens with zero attached hydrogens (tertiary/aromatic N) is 1. The average molecular weight is 325 g/mol. The number of hydrogen-bond donors (Lipinski definition) is 2. The molecule has 0 saturated carbocycles. The molecule has 1 aliphatic rings. The Morgan fingerprint density at radius 1 is 1.59 bits per heavy atom. The van der Waals surface area contributed by atoms with Crippen LogP contribution in [0.3, 0.4) is 0 Å². The lowest BCUT2D eigenvalue weighted by molar-refractivity contribution is -0.143. The maximum Gasteiger partial charge on any atom is 0.249 e. The molecule has 1 aliphatic heterocycles. The molecule has 0 bridgehead atoms. The fourth-order valence-electron chi connectivity index (χ4n) is 2.13. The molecule has 1 fully saturated rings. The van der Waals surface area contributed by atoms with Gasteiger partial charge in [-0.25, -0.2) is 0 Å². The van der Waals surface area contributed by atoms with Crippen LogP contribution >= 0.6 is 11.6 Å². The van der Waals surface area contributed by atoms with Gasteiger partial charge in [0.15, 0.2) is 11.8 Å². The van der Waals surface area contributed by atoms with E-state index in [1.807, 2.05) is 0 Å². The van der Waals surface area contributed by atoms with Gasteiger partial charge in [0.1, 0.15) is 12.5 Å². The van der Waals surface area contributed by atoms with Gasteiger partial charge in [0.05, 0.1) is 5.02 Å². The van der Waals surface area contributed by atoms with Gasteiger partial charge in [-0.2, -0.15) is 0 Å². The normalized spacial score (nSPS) is 18.9. The molecule has 1 atom stereocenters. The van der Waals surface area contributed by atoms with Gasteiger partial charge in [0.25, 0.3) is 0 Å². The molecule has 2 rings (SSSR count). The molecule has 1 amide bonds. The number of phenolic OH excluding ortho intramolecular Hbond substituents is 1. The van der Waals surface area contributed by atoms with Crippen molar-refractivity contribution in [2.75, 3.05) is 26.9 Å². The van der Waals surface area contributed by atoms with E-state index in [1.165, 1.54) is 30.2 Å². The lowest BCUT2D eigenvalue weighted by Crippen LogP contribution is -2.58. The van der Waals surface area contributed by atoms with Gasteiger partial charge in [0, 0.05) is 20.2 Å². The smallest absolute Gasteiger partial charge is 0.249 e. The molecule has 0 radical (unpaired) electrons. The van der Waals surface area contributed by atoms with Crippen LogP contribution in [0.2, 0.25) is 5.02 Å². The summed E-state index contributed by atoms with van der Waals surface area (Å²) in [5.41, 5.74) is 0.660. The van der Waals surface area contributed by atoms with Crippen LogP contribution in [-0.2, 0) is 14.3 Å². The van der Waals surface area contributed by atoms with E-state index >= 15 is 0 Å². The zero-order chi connectivity index (χ0) is 16.1. The highest BCUT2D eigenvalue weighted by molar-refractivity contribution is 6.32. The van der Waals surface area contributed by atoms with Crippen molar-refractivity contribution in [3.8, 4) is 5.75 Å². The Kier molecular flexibility index (Phi) is 5.54. The molecular formula is C15H17ClN2O4. The van der Waals surface area contributed by atoms with Crippen molar-refractivity contribution in [3.63, 3.8) is 0 Å². The monoisotopic (exact) mass is 324 g/mol. The Hall–Kier alpha value is -1.89. The molecule has 0 aromatic heterocycles. The number of nitrogens with one attached hydrogen (secondary N) is 1. The third-order valence-corrected chi connectivity index (χ3v) is 3.57. The highest BCUT2D eigenvalue weighted by Crippen LogP contribution is 2.24. The molecular weight excluding hydrogens is 308 g/mol. The molecule has 1 heterocycles. The molecule has 1 saturated heterocycles. The molecule has 6 nitrogen and oxygen atoms in total. The van der Waals surface area contributed by atoms with Crippen LogP contribution in [-0.4, -0.2) is 54.7 Å². The first kappa shape index (κ1) is 16.5. The van der Waals surface area contributed by atoms with Crippen molar-refractivity contribution in [1.29, 1.82) is 0 Å².